The van der Waals surface area contributed by atoms with Crippen LogP contribution in [0.5, 0.6) is 0 Å². The van der Waals surface area contributed by atoms with Crippen molar-refractivity contribution in [2.75, 3.05) is 0 Å². The topological polar surface area (TPSA) is 60.7 Å². The van der Waals surface area contributed by atoms with Gasteiger partial charge in [-0.3, -0.25) is 0 Å². The van der Waals surface area contributed by atoms with E-state index in [1.54, 1.807) is 0 Å². The Balaban J connectivity index is 2.50. The molecule has 0 saturated heterocycles. The SMILES string of the molecule is Cc1ccc([TeH](c2ccc(C)cc2)(c2ccc(C)cc2)=P(O)(O)O)cc1. The molecule has 0 fully saturated rings. The summed E-state index contributed by atoms with van der Waals surface area (Å²) in [6.07, 6.45) is 0. The Kier molecular flexibility index (Phi) is 5.56. The average Bonchev–Trinajstić information content (AvgIpc) is 2.59. The molecule has 3 aromatic rings. The Labute approximate surface area is 157 Å². The van der Waals surface area contributed by atoms with Gasteiger partial charge in [0.15, 0.2) is 0 Å². The van der Waals surface area contributed by atoms with Crippen molar-refractivity contribution in [3.8, 4) is 0 Å². The van der Waals surface area contributed by atoms with Crippen LogP contribution in [-0.4, -0.2) is 31.8 Å². The summed E-state index contributed by atoms with van der Waals surface area (Å²) < 4.78 is 2.55. The number of aryl methyl sites for hydroxylation is 3. The van der Waals surface area contributed by atoms with Crippen LogP contribution in [0, 0.1) is 20.8 Å². The summed E-state index contributed by atoms with van der Waals surface area (Å²) in [6, 6.07) is 23.5. The van der Waals surface area contributed by atoms with Crippen molar-refractivity contribution >= 4 is 33.1 Å². The minimum absolute atomic E-state index is 0.850. The van der Waals surface area contributed by atoms with E-state index in [1.807, 2.05) is 93.6 Å². The van der Waals surface area contributed by atoms with Crippen LogP contribution >= 0.6 is 5.17 Å². The molecule has 0 bridgehead atoms. The van der Waals surface area contributed by atoms with E-state index >= 15 is 0 Å². The molecule has 0 unspecified atom stereocenters. The fourth-order valence-electron chi connectivity index (χ4n) is 3.19. The van der Waals surface area contributed by atoms with Crippen LogP contribution in [0.2, 0.25) is 0 Å². The molecule has 0 aliphatic rings. The molecular formula is C21H25O3PTe. The number of rotatable bonds is 3. The molecule has 3 N–H and O–H groups in total. The van der Waals surface area contributed by atoms with E-state index in [4.69, 9.17) is 0 Å². The molecule has 0 spiro atoms. The van der Waals surface area contributed by atoms with Crippen molar-refractivity contribution in [2.45, 2.75) is 20.8 Å². The van der Waals surface area contributed by atoms with E-state index in [0.717, 1.165) is 27.5 Å². The van der Waals surface area contributed by atoms with Crippen molar-refractivity contribution in [3.63, 3.8) is 0 Å². The predicted molar refractivity (Wildman–Crippen MR) is 113 cm³/mol. The van der Waals surface area contributed by atoms with Crippen LogP contribution in [-0.2, 0) is 0 Å². The quantitative estimate of drug-likeness (QED) is 0.395. The van der Waals surface area contributed by atoms with Gasteiger partial charge in [-0.2, -0.15) is 0 Å². The van der Waals surface area contributed by atoms with Crippen LogP contribution in [0.3, 0.4) is 0 Å². The Morgan fingerprint density at radius 2 is 0.731 bits per heavy atom. The van der Waals surface area contributed by atoms with Crippen molar-refractivity contribution in [1.29, 1.82) is 0 Å². The monoisotopic (exact) mass is 486 g/mol. The molecule has 0 aliphatic heterocycles. The summed E-state index contributed by atoms with van der Waals surface area (Å²) in [6.45, 7) is 5.99. The zero-order chi connectivity index (χ0) is 18.9. The molecule has 3 nitrogen and oxygen atoms in total. The Morgan fingerprint density at radius 1 is 0.500 bits per heavy atom. The van der Waals surface area contributed by atoms with Crippen LogP contribution in [0.1, 0.15) is 16.7 Å². The molecule has 3 aromatic carbocycles. The summed E-state index contributed by atoms with van der Waals surface area (Å²) in [5.41, 5.74) is 3.29. The molecule has 0 amide bonds. The molecule has 0 atom stereocenters. The third-order valence-electron chi connectivity index (χ3n) is 4.63. The second-order valence-electron chi connectivity index (χ2n) is 6.68. The normalized spacial score (nSPS) is 12.8. The van der Waals surface area contributed by atoms with Gasteiger partial charge in [0.25, 0.3) is 0 Å². The zero-order valence-corrected chi connectivity index (χ0v) is 18.6. The molecule has 3 rings (SSSR count). The third kappa shape index (κ3) is 3.47. The van der Waals surface area contributed by atoms with Gasteiger partial charge < -0.3 is 0 Å². The average molecular weight is 484 g/mol. The zero-order valence-electron chi connectivity index (χ0n) is 15.2. The maximum absolute atomic E-state index is 10.8. The number of hydrogen-bond donors (Lipinski definition) is 3. The van der Waals surface area contributed by atoms with Crippen LogP contribution < -0.4 is 10.8 Å². The fourth-order valence-corrected chi connectivity index (χ4v) is 22.3. The van der Waals surface area contributed by atoms with Crippen molar-refractivity contribution in [3.05, 3.63) is 89.5 Å². The van der Waals surface area contributed by atoms with Crippen molar-refractivity contribution < 1.29 is 14.7 Å². The first-order valence-electron chi connectivity index (χ1n) is 8.43. The van der Waals surface area contributed by atoms with E-state index in [0.29, 0.717) is 0 Å². The van der Waals surface area contributed by atoms with E-state index in [-0.39, 0.29) is 0 Å². The van der Waals surface area contributed by atoms with Gasteiger partial charge in [-0.25, -0.2) is 0 Å². The van der Waals surface area contributed by atoms with Crippen molar-refractivity contribution in [1.82, 2.24) is 0 Å². The molecule has 0 aromatic heterocycles. The number of hydrogen-bond acceptors (Lipinski definition) is 3. The Bertz CT molecular complexity index is 859. The van der Waals surface area contributed by atoms with Crippen LogP contribution in [0.15, 0.2) is 72.8 Å². The Hall–Kier alpha value is -1.24. The summed E-state index contributed by atoms with van der Waals surface area (Å²) in [7, 11) is 0. The molecule has 0 radical (unpaired) electrons. The summed E-state index contributed by atoms with van der Waals surface area (Å²) in [5.74, 6) is 0. The minimum atomic E-state index is -4.29. The Morgan fingerprint density at radius 3 is 0.923 bits per heavy atom. The second kappa shape index (κ2) is 7.41. The second-order valence-corrected chi connectivity index (χ2v) is 24.4. The summed E-state index contributed by atoms with van der Waals surface area (Å²) in [4.78, 5) is 32.4. The molecular weight excluding hydrogens is 459 g/mol. The third-order valence-corrected chi connectivity index (χ3v) is 25.9. The van der Waals surface area contributed by atoms with Gasteiger partial charge in [-0.1, -0.05) is 0 Å². The molecule has 26 heavy (non-hydrogen) atoms. The maximum atomic E-state index is 10.8. The van der Waals surface area contributed by atoms with Gasteiger partial charge in [0.1, 0.15) is 0 Å². The van der Waals surface area contributed by atoms with E-state index in [2.05, 4.69) is 0 Å². The van der Waals surface area contributed by atoms with Gasteiger partial charge >= 0.3 is 158 Å². The van der Waals surface area contributed by atoms with Gasteiger partial charge in [0, 0.05) is 0 Å². The van der Waals surface area contributed by atoms with E-state index in [1.165, 1.54) is 0 Å². The molecule has 0 aliphatic carbocycles. The van der Waals surface area contributed by atoms with Crippen molar-refractivity contribution in [2.24, 2.45) is 0 Å². The van der Waals surface area contributed by atoms with Gasteiger partial charge in [-0.05, 0) is 0 Å². The molecule has 5 heteroatoms. The first-order chi connectivity index (χ1) is 12.2. The van der Waals surface area contributed by atoms with E-state index < -0.39 is 22.3 Å². The van der Waals surface area contributed by atoms with Crippen LogP contribution in [0.25, 0.3) is 0 Å². The van der Waals surface area contributed by atoms with Gasteiger partial charge in [0.2, 0.25) is 0 Å². The summed E-state index contributed by atoms with van der Waals surface area (Å²) >= 11 is -4.29. The molecule has 0 saturated carbocycles. The first kappa shape index (κ1) is 19.5. The summed E-state index contributed by atoms with van der Waals surface area (Å²) in [5, 5.41) is -4.17. The fraction of sp³-hybridized carbons (Fsp3) is 0.143. The standard InChI is InChI=1S/C21H25O3PTe/c1-16-4-10-19(11-5-16)26(25(22,23)24,20-12-6-17(2)7-13-20)21-14-8-18(3)9-15-21/h4-15,22-24,26H,1-3H3. The van der Waals surface area contributed by atoms with E-state index in [9.17, 15) is 14.7 Å². The molecule has 0 heterocycles. The first-order valence-corrected chi connectivity index (χ1v) is 17.3. The molecule has 138 valence electrons. The van der Waals surface area contributed by atoms with Gasteiger partial charge in [0.05, 0.1) is 0 Å². The van der Waals surface area contributed by atoms with Gasteiger partial charge in [-0.15, -0.1) is 0 Å². The number of benzene rings is 3. The predicted octanol–water partition coefficient (Wildman–Crippen LogP) is 2.05. The van der Waals surface area contributed by atoms with Crippen LogP contribution in [0.4, 0.5) is 0 Å².